The first kappa shape index (κ1) is 13.7. The van der Waals surface area contributed by atoms with Crippen molar-refractivity contribution in [1.29, 1.82) is 0 Å². The summed E-state index contributed by atoms with van der Waals surface area (Å²) in [6.07, 6.45) is 2.39. The van der Waals surface area contributed by atoms with E-state index in [9.17, 15) is 4.79 Å². The Hall–Kier alpha value is -1.35. The van der Waals surface area contributed by atoms with Crippen molar-refractivity contribution in [2.24, 2.45) is 5.92 Å². The lowest BCUT2D eigenvalue weighted by atomic mass is 10.0. The zero-order valence-electron chi connectivity index (χ0n) is 10.6. The maximum Gasteiger partial charge on any atom is 0.227 e. The van der Waals surface area contributed by atoms with Crippen molar-refractivity contribution in [3.8, 4) is 0 Å². The predicted molar refractivity (Wildman–Crippen MR) is 69.9 cm³/mol. The Labute approximate surface area is 103 Å². The molecular formula is C14H21NO2. The van der Waals surface area contributed by atoms with Crippen LogP contribution in [-0.2, 0) is 11.2 Å². The number of amides is 1. The molecule has 1 aromatic carbocycles. The fraction of sp³-hybridized carbons (Fsp3) is 0.500. The SMILES string of the molecule is CCC(CC)C(=O)Nc1ccc(CCO)cc1. The van der Waals surface area contributed by atoms with Gasteiger partial charge in [0.15, 0.2) is 0 Å². The summed E-state index contributed by atoms with van der Waals surface area (Å²) in [5.74, 6) is 0.178. The number of hydrogen-bond donors (Lipinski definition) is 2. The van der Waals surface area contributed by atoms with Crippen LogP contribution in [0.25, 0.3) is 0 Å². The second kappa shape index (κ2) is 7.07. The predicted octanol–water partition coefficient (Wildman–Crippen LogP) is 2.60. The molecule has 1 aromatic rings. The van der Waals surface area contributed by atoms with Crippen LogP contribution in [0.4, 0.5) is 5.69 Å². The van der Waals surface area contributed by atoms with E-state index in [2.05, 4.69) is 5.32 Å². The molecule has 0 unspecified atom stereocenters. The molecule has 0 aliphatic rings. The minimum atomic E-state index is 0.0879. The van der Waals surface area contributed by atoms with Crippen LogP contribution in [0.1, 0.15) is 32.3 Å². The number of benzene rings is 1. The Morgan fingerprint density at radius 1 is 1.24 bits per heavy atom. The zero-order chi connectivity index (χ0) is 12.7. The molecule has 2 N–H and O–H groups in total. The Morgan fingerprint density at radius 2 is 1.82 bits per heavy atom. The van der Waals surface area contributed by atoms with Crippen LogP contribution in [0.15, 0.2) is 24.3 Å². The Kier molecular flexibility index (Phi) is 5.70. The van der Waals surface area contributed by atoms with Gasteiger partial charge in [-0.25, -0.2) is 0 Å². The molecule has 3 nitrogen and oxygen atoms in total. The molecule has 1 amide bonds. The lowest BCUT2D eigenvalue weighted by molar-refractivity contribution is -0.120. The highest BCUT2D eigenvalue weighted by Crippen LogP contribution is 2.14. The summed E-state index contributed by atoms with van der Waals surface area (Å²) in [6.45, 7) is 4.20. The standard InChI is InChI=1S/C14H21NO2/c1-3-12(4-2)14(17)15-13-7-5-11(6-8-13)9-10-16/h5-8,12,16H,3-4,9-10H2,1-2H3,(H,15,17). The maximum absolute atomic E-state index is 11.8. The van der Waals surface area contributed by atoms with Crippen molar-refractivity contribution in [1.82, 2.24) is 0 Å². The van der Waals surface area contributed by atoms with Crippen LogP contribution in [0.5, 0.6) is 0 Å². The van der Waals surface area contributed by atoms with Crippen LogP contribution in [0.2, 0.25) is 0 Å². The quantitative estimate of drug-likeness (QED) is 0.796. The van der Waals surface area contributed by atoms with E-state index >= 15 is 0 Å². The van der Waals surface area contributed by atoms with Gasteiger partial charge >= 0.3 is 0 Å². The van der Waals surface area contributed by atoms with Gasteiger partial charge in [-0.05, 0) is 37.0 Å². The van der Waals surface area contributed by atoms with Gasteiger partial charge in [0.05, 0.1) is 0 Å². The third kappa shape index (κ3) is 4.19. The molecule has 1 rings (SSSR count). The van der Waals surface area contributed by atoms with E-state index in [0.717, 1.165) is 24.1 Å². The molecule has 0 atom stereocenters. The van der Waals surface area contributed by atoms with Crippen molar-refractivity contribution in [3.63, 3.8) is 0 Å². The minimum Gasteiger partial charge on any atom is -0.396 e. The number of anilines is 1. The lowest BCUT2D eigenvalue weighted by Crippen LogP contribution is -2.21. The van der Waals surface area contributed by atoms with Crippen LogP contribution in [0, 0.1) is 5.92 Å². The van der Waals surface area contributed by atoms with E-state index in [1.165, 1.54) is 0 Å². The van der Waals surface area contributed by atoms with Crippen molar-refractivity contribution in [2.75, 3.05) is 11.9 Å². The van der Waals surface area contributed by atoms with Crippen molar-refractivity contribution < 1.29 is 9.90 Å². The van der Waals surface area contributed by atoms with Crippen molar-refractivity contribution in [3.05, 3.63) is 29.8 Å². The number of carbonyl (C=O) groups is 1. The lowest BCUT2D eigenvalue weighted by Gasteiger charge is -2.12. The first-order chi connectivity index (χ1) is 8.21. The van der Waals surface area contributed by atoms with Gasteiger partial charge in [0, 0.05) is 18.2 Å². The Balaban J connectivity index is 2.59. The number of aliphatic hydroxyl groups excluding tert-OH is 1. The molecule has 0 aliphatic heterocycles. The van der Waals surface area contributed by atoms with Crippen LogP contribution in [-0.4, -0.2) is 17.6 Å². The van der Waals surface area contributed by atoms with E-state index < -0.39 is 0 Å². The van der Waals surface area contributed by atoms with Crippen LogP contribution in [0.3, 0.4) is 0 Å². The van der Waals surface area contributed by atoms with E-state index in [1.54, 1.807) is 0 Å². The normalized spacial score (nSPS) is 10.6. The number of rotatable bonds is 6. The summed E-state index contributed by atoms with van der Waals surface area (Å²) in [6, 6.07) is 7.62. The average Bonchev–Trinajstić information content (AvgIpc) is 2.33. The van der Waals surface area contributed by atoms with Gasteiger partial charge in [0.1, 0.15) is 0 Å². The van der Waals surface area contributed by atoms with Crippen LogP contribution >= 0.6 is 0 Å². The summed E-state index contributed by atoms with van der Waals surface area (Å²) < 4.78 is 0. The van der Waals surface area contributed by atoms with Gasteiger partial charge in [-0.3, -0.25) is 4.79 Å². The molecule has 17 heavy (non-hydrogen) atoms. The summed E-state index contributed by atoms with van der Waals surface area (Å²) in [4.78, 5) is 11.8. The molecule has 0 bridgehead atoms. The highest BCUT2D eigenvalue weighted by atomic mass is 16.2. The van der Waals surface area contributed by atoms with Gasteiger partial charge in [-0.2, -0.15) is 0 Å². The molecule has 3 heteroatoms. The minimum absolute atomic E-state index is 0.0879. The number of carbonyl (C=O) groups excluding carboxylic acids is 1. The molecule has 0 aromatic heterocycles. The number of aliphatic hydroxyl groups is 1. The first-order valence-electron chi connectivity index (χ1n) is 6.21. The topological polar surface area (TPSA) is 49.3 Å². The first-order valence-corrected chi connectivity index (χ1v) is 6.21. The fourth-order valence-corrected chi connectivity index (χ4v) is 1.79. The van der Waals surface area contributed by atoms with E-state index in [-0.39, 0.29) is 18.4 Å². The zero-order valence-corrected chi connectivity index (χ0v) is 10.6. The fourth-order valence-electron chi connectivity index (χ4n) is 1.79. The molecule has 0 saturated heterocycles. The van der Waals surface area contributed by atoms with Gasteiger partial charge in [-0.15, -0.1) is 0 Å². The summed E-state index contributed by atoms with van der Waals surface area (Å²) in [7, 11) is 0. The summed E-state index contributed by atoms with van der Waals surface area (Å²) in [5.41, 5.74) is 1.90. The van der Waals surface area contributed by atoms with Crippen molar-refractivity contribution >= 4 is 11.6 Å². The molecule has 0 fully saturated rings. The third-order valence-electron chi connectivity index (χ3n) is 2.98. The Bertz CT molecular complexity index is 342. The number of nitrogens with one attached hydrogen (secondary N) is 1. The van der Waals surface area contributed by atoms with Crippen LogP contribution < -0.4 is 5.32 Å². The van der Waals surface area contributed by atoms with Gasteiger partial charge in [0.2, 0.25) is 5.91 Å². The molecule has 0 spiro atoms. The number of hydrogen-bond acceptors (Lipinski definition) is 2. The van der Waals surface area contributed by atoms with Gasteiger partial charge in [-0.1, -0.05) is 26.0 Å². The summed E-state index contributed by atoms with van der Waals surface area (Å²) in [5, 5.41) is 11.7. The smallest absolute Gasteiger partial charge is 0.227 e. The van der Waals surface area contributed by atoms with Crippen molar-refractivity contribution in [2.45, 2.75) is 33.1 Å². The largest absolute Gasteiger partial charge is 0.396 e. The second-order valence-electron chi connectivity index (χ2n) is 4.17. The average molecular weight is 235 g/mol. The van der Waals surface area contributed by atoms with E-state index in [0.29, 0.717) is 6.42 Å². The Morgan fingerprint density at radius 3 is 2.29 bits per heavy atom. The highest BCUT2D eigenvalue weighted by Gasteiger charge is 2.13. The molecule has 94 valence electrons. The molecule has 0 aliphatic carbocycles. The molecule has 0 radical (unpaired) electrons. The monoisotopic (exact) mass is 235 g/mol. The second-order valence-corrected chi connectivity index (χ2v) is 4.17. The maximum atomic E-state index is 11.8. The third-order valence-corrected chi connectivity index (χ3v) is 2.98. The molecule has 0 heterocycles. The summed E-state index contributed by atoms with van der Waals surface area (Å²) >= 11 is 0. The highest BCUT2D eigenvalue weighted by molar-refractivity contribution is 5.92. The van der Waals surface area contributed by atoms with E-state index in [4.69, 9.17) is 5.11 Å². The van der Waals surface area contributed by atoms with E-state index in [1.807, 2.05) is 38.1 Å². The molecular weight excluding hydrogens is 214 g/mol. The van der Waals surface area contributed by atoms with Gasteiger partial charge < -0.3 is 10.4 Å². The molecule has 0 saturated carbocycles. The van der Waals surface area contributed by atoms with Gasteiger partial charge in [0.25, 0.3) is 0 Å².